The molecule has 0 aliphatic heterocycles. The van der Waals surface area contributed by atoms with Crippen LogP contribution >= 0.6 is 0 Å². The Kier molecular flexibility index (Phi) is 10.9. The van der Waals surface area contributed by atoms with Crippen LogP contribution in [0, 0.1) is 5.92 Å². The third kappa shape index (κ3) is 9.81. The minimum atomic E-state index is -0.772. The van der Waals surface area contributed by atoms with Gasteiger partial charge in [-0.3, -0.25) is 4.79 Å². The zero-order chi connectivity index (χ0) is 24.5. The Morgan fingerprint density at radius 3 is 2.03 bits per heavy atom. The van der Waals surface area contributed by atoms with E-state index in [0.29, 0.717) is 23.6 Å². The second-order valence-electron chi connectivity index (χ2n) is 9.59. The summed E-state index contributed by atoms with van der Waals surface area (Å²) in [5.41, 5.74) is 3.19. The van der Waals surface area contributed by atoms with E-state index in [-0.39, 0.29) is 17.9 Å². The van der Waals surface area contributed by atoms with E-state index in [9.17, 15) is 15.0 Å². The first-order valence-electron chi connectivity index (χ1n) is 11.0. The number of β-amino-alcohol motifs (C(OH)–C–C–N with tert-alkyl or cyclic N) is 1. The fourth-order valence-corrected chi connectivity index (χ4v) is 3.02. The van der Waals surface area contributed by atoms with E-state index in [2.05, 4.69) is 19.2 Å². The molecular weight excluding hydrogens is 406 g/mol. The highest BCUT2D eigenvalue weighted by molar-refractivity contribution is 5.75. The molecule has 0 saturated heterocycles. The summed E-state index contributed by atoms with van der Waals surface area (Å²) in [4.78, 5) is 10.8. The van der Waals surface area contributed by atoms with Crippen LogP contribution in [0.25, 0.3) is 0 Å². The molecule has 0 fully saturated rings. The van der Waals surface area contributed by atoms with Crippen LogP contribution in [0.2, 0.25) is 0 Å². The van der Waals surface area contributed by atoms with Gasteiger partial charge < -0.3 is 25.7 Å². The van der Waals surface area contributed by atoms with Crippen molar-refractivity contribution in [3.63, 3.8) is 0 Å². The highest BCUT2D eigenvalue weighted by Crippen LogP contribution is 2.22. The zero-order valence-corrected chi connectivity index (χ0v) is 20.1. The van der Waals surface area contributed by atoms with Crippen LogP contribution in [-0.2, 0) is 17.8 Å². The molecule has 0 amide bonds. The van der Waals surface area contributed by atoms with Gasteiger partial charge in [-0.1, -0.05) is 44.2 Å². The number of aromatic hydroxyl groups is 1. The molecule has 0 bridgehead atoms. The van der Waals surface area contributed by atoms with Crippen LogP contribution in [0.4, 0.5) is 0 Å². The van der Waals surface area contributed by atoms with Crippen LogP contribution in [0.3, 0.4) is 0 Å². The second-order valence-corrected chi connectivity index (χ2v) is 9.59. The average Bonchev–Trinajstić information content (AvgIpc) is 2.72. The molecule has 2 aromatic carbocycles. The van der Waals surface area contributed by atoms with Crippen molar-refractivity contribution in [3.05, 3.63) is 64.7 Å². The molecule has 178 valence electrons. The fraction of sp³-hybridized carbons (Fsp3) is 0.500. The SMILES string of the molecule is CC(C)(C)NC[C@@H](O)c1ccc(O)c(CO)c1.CC(C)Cc1ccc([C@H](C)C(=O)O)cc1. The summed E-state index contributed by atoms with van der Waals surface area (Å²) < 4.78 is 0. The second kappa shape index (κ2) is 12.6. The van der Waals surface area contributed by atoms with Crippen molar-refractivity contribution in [1.82, 2.24) is 5.32 Å². The summed E-state index contributed by atoms with van der Waals surface area (Å²) >= 11 is 0. The first-order chi connectivity index (χ1) is 14.8. The molecule has 0 heterocycles. The third-order valence-corrected chi connectivity index (χ3v) is 4.98. The van der Waals surface area contributed by atoms with Gasteiger partial charge in [0.15, 0.2) is 0 Å². The van der Waals surface area contributed by atoms with Crippen LogP contribution in [0.1, 0.15) is 75.8 Å². The summed E-state index contributed by atoms with van der Waals surface area (Å²) in [6.07, 6.45) is 0.391. The van der Waals surface area contributed by atoms with Crippen LogP contribution in [0.5, 0.6) is 5.75 Å². The molecule has 6 heteroatoms. The van der Waals surface area contributed by atoms with E-state index < -0.39 is 18.0 Å². The largest absolute Gasteiger partial charge is 0.508 e. The summed E-state index contributed by atoms with van der Waals surface area (Å²) in [6.45, 7) is 12.3. The number of phenols is 1. The molecule has 2 rings (SSSR count). The number of aliphatic carboxylic acids is 1. The van der Waals surface area contributed by atoms with Crippen molar-refractivity contribution >= 4 is 5.97 Å². The van der Waals surface area contributed by atoms with E-state index in [0.717, 1.165) is 12.0 Å². The maximum Gasteiger partial charge on any atom is 0.310 e. The van der Waals surface area contributed by atoms with Gasteiger partial charge in [-0.2, -0.15) is 0 Å². The monoisotopic (exact) mass is 445 g/mol. The lowest BCUT2D eigenvalue weighted by atomic mass is 9.97. The predicted octanol–water partition coefficient (Wildman–Crippen LogP) is 4.38. The lowest BCUT2D eigenvalue weighted by Gasteiger charge is -2.23. The number of carboxylic acids is 1. The molecule has 5 N–H and O–H groups in total. The molecule has 2 aromatic rings. The molecule has 0 aliphatic rings. The van der Waals surface area contributed by atoms with Crippen LogP contribution < -0.4 is 5.32 Å². The quantitative estimate of drug-likeness (QED) is 0.412. The number of benzene rings is 2. The van der Waals surface area contributed by atoms with E-state index in [1.54, 1.807) is 19.1 Å². The molecule has 0 aliphatic carbocycles. The predicted molar refractivity (Wildman–Crippen MR) is 128 cm³/mol. The Hall–Kier alpha value is -2.41. The van der Waals surface area contributed by atoms with E-state index in [1.807, 2.05) is 45.0 Å². The van der Waals surface area contributed by atoms with Crippen molar-refractivity contribution in [2.75, 3.05) is 6.54 Å². The van der Waals surface area contributed by atoms with Gasteiger partial charge in [-0.25, -0.2) is 0 Å². The maximum atomic E-state index is 10.8. The number of aliphatic hydroxyl groups is 2. The lowest BCUT2D eigenvalue weighted by molar-refractivity contribution is -0.138. The smallest absolute Gasteiger partial charge is 0.310 e. The normalized spacial score (nSPS) is 13.3. The van der Waals surface area contributed by atoms with Crippen LogP contribution in [0.15, 0.2) is 42.5 Å². The summed E-state index contributed by atoms with van der Waals surface area (Å²) in [5.74, 6) is -0.510. The first-order valence-corrected chi connectivity index (χ1v) is 11.0. The minimum Gasteiger partial charge on any atom is -0.508 e. The molecule has 0 spiro atoms. The number of carboxylic acid groups (broad SMARTS) is 1. The Morgan fingerprint density at radius 2 is 1.56 bits per heavy atom. The average molecular weight is 446 g/mol. The molecular formula is C26H39NO5. The van der Waals surface area contributed by atoms with Crippen molar-refractivity contribution in [2.24, 2.45) is 5.92 Å². The maximum absolute atomic E-state index is 10.8. The van der Waals surface area contributed by atoms with Gasteiger partial charge in [0.05, 0.1) is 18.6 Å². The van der Waals surface area contributed by atoms with Gasteiger partial charge in [0.2, 0.25) is 0 Å². The van der Waals surface area contributed by atoms with Crippen molar-refractivity contribution in [1.29, 1.82) is 0 Å². The van der Waals surface area contributed by atoms with Crippen molar-refractivity contribution in [3.8, 4) is 5.75 Å². The Morgan fingerprint density at radius 1 is 1.00 bits per heavy atom. The number of carbonyl (C=O) groups is 1. The topological polar surface area (TPSA) is 110 Å². The number of nitrogens with one attached hydrogen (secondary N) is 1. The highest BCUT2D eigenvalue weighted by Gasteiger charge is 2.15. The van der Waals surface area contributed by atoms with Crippen molar-refractivity contribution in [2.45, 2.75) is 72.1 Å². The van der Waals surface area contributed by atoms with Gasteiger partial charge in [0.1, 0.15) is 5.75 Å². The van der Waals surface area contributed by atoms with Gasteiger partial charge >= 0.3 is 5.97 Å². The fourth-order valence-electron chi connectivity index (χ4n) is 3.02. The lowest BCUT2D eigenvalue weighted by Crippen LogP contribution is -2.38. The Labute approximate surface area is 191 Å². The molecule has 0 radical (unpaired) electrons. The van der Waals surface area contributed by atoms with Gasteiger partial charge in [0.25, 0.3) is 0 Å². The Bertz CT molecular complexity index is 840. The van der Waals surface area contributed by atoms with Crippen molar-refractivity contribution < 1.29 is 25.2 Å². The van der Waals surface area contributed by atoms with Gasteiger partial charge in [0, 0.05) is 17.6 Å². The number of hydrogen-bond acceptors (Lipinski definition) is 5. The van der Waals surface area contributed by atoms with E-state index in [4.69, 9.17) is 10.2 Å². The zero-order valence-electron chi connectivity index (χ0n) is 20.1. The molecule has 0 saturated carbocycles. The summed E-state index contributed by atoms with van der Waals surface area (Å²) in [5, 5.41) is 40.5. The minimum absolute atomic E-state index is 0.0484. The Balaban J connectivity index is 0.000000323. The summed E-state index contributed by atoms with van der Waals surface area (Å²) in [7, 11) is 0. The molecule has 2 atom stereocenters. The standard InChI is InChI=1S/C13H21NO3.C13H18O2/c1-13(2,3)14-7-12(17)9-4-5-11(16)10(6-9)8-15;1-9(2)8-11-4-6-12(7-5-11)10(3)13(14)15/h4-6,12,14-17H,7-8H2,1-3H3;4-7,9-10H,8H2,1-3H3,(H,14,15)/t12-;10-/m10/s1. The molecule has 32 heavy (non-hydrogen) atoms. The molecule has 6 nitrogen and oxygen atoms in total. The molecule has 0 unspecified atom stereocenters. The van der Waals surface area contributed by atoms with E-state index >= 15 is 0 Å². The summed E-state index contributed by atoms with van der Waals surface area (Å²) in [6, 6.07) is 12.6. The third-order valence-electron chi connectivity index (χ3n) is 4.98. The number of rotatable bonds is 8. The van der Waals surface area contributed by atoms with Crippen LogP contribution in [-0.4, -0.2) is 38.5 Å². The highest BCUT2D eigenvalue weighted by atomic mass is 16.4. The molecule has 0 aromatic heterocycles. The van der Waals surface area contributed by atoms with E-state index in [1.165, 1.54) is 11.6 Å². The van der Waals surface area contributed by atoms with Gasteiger partial charge in [-0.15, -0.1) is 0 Å². The van der Waals surface area contributed by atoms with Gasteiger partial charge in [-0.05, 0) is 68.9 Å². The number of hydrogen-bond donors (Lipinski definition) is 5. The number of aliphatic hydroxyl groups excluding tert-OH is 2. The first kappa shape index (κ1) is 27.6.